The predicted molar refractivity (Wildman–Crippen MR) is 136 cm³/mol. The van der Waals surface area contributed by atoms with Crippen LogP contribution < -0.4 is 14.2 Å². The highest BCUT2D eigenvalue weighted by atomic mass is 16.6. The van der Waals surface area contributed by atoms with Gasteiger partial charge in [-0.3, -0.25) is 14.9 Å². The minimum Gasteiger partial charge on any atom is -0.493 e. The summed E-state index contributed by atoms with van der Waals surface area (Å²) in [5.41, 5.74) is 2.99. The van der Waals surface area contributed by atoms with Gasteiger partial charge >= 0.3 is 0 Å². The van der Waals surface area contributed by atoms with Crippen LogP contribution in [0.3, 0.4) is 0 Å². The summed E-state index contributed by atoms with van der Waals surface area (Å²) < 4.78 is 17.1. The summed E-state index contributed by atoms with van der Waals surface area (Å²) in [6.45, 7) is 2.75. The third-order valence-corrected chi connectivity index (χ3v) is 6.65. The van der Waals surface area contributed by atoms with Gasteiger partial charge in [0.05, 0.1) is 31.1 Å². The smallest absolute Gasteiger partial charge is 0.269 e. The summed E-state index contributed by atoms with van der Waals surface area (Å²) >= 11 is 0. The molecule has 3 aromatic carbocycles. The van der Waals surface area contributed by atoms with Crippen LogP contribution in [-0.4, -0.2) is 43.1 Å². The number of hydrogen-bond acceptors (Lipinski definition) is 6. The average molecular weight is 491 g/mol. The molecule has 0 radical (unpaired) electrons. The largest absolute Gasteiger partial charge is 0.493 e. The van der Waals surface area contributed by atoms with E-state index in [0.717, 1.165) is 16.7 Å². The van der Waals surface area contributed by atoms with E-state index in [2.05, 4.69) is 0 Å². The number of ether oxygens (including phenoxy) is 3. The molecule has 0 N–H and O–H groups in total. The van der Waals surface area contributed by atoms with Gasteiger partial charge in [0.25, 0.3) is 5.69 Å². The lowest BCUT2D eigenvalue weighted by molar-refractivity contribution is -0.384. The predicted octanol–water partition coefficient (Wildman–Crippen LogP) is 5.31. The zero-order valence-electron chi connectivity index (χ0n) is 20.7. The van der Waals surface area contributed by atoms with Gasteiger partial charge in [-0.05, 0) is 53.8 Å². The minimum absolute atomic E-state index is 0.00681. The Kier molecular flexibility index (Phi) is 7.73. The van der Waals surface area contributed by atoms with Crippen molar-refractivity contribution in [2.45, 2.75) is 31.7 Å². The van der Waals surface area contributed by atoms with Gasteiger partial charge in [-0.2, -0.15) is 0 Å². The normalized spacial score (nSPS) is 15.5. The van der Waals surface area contributed by atoms with Crippen LogP contribution in [0.1, 0.15) is 42.0 Å². The average Bonchev–Trinajstić information content (AvgIpc) is 2.91. The second-order valence-corrected chi connectivity index (χ2v) is 8.64. The molecule has 0 fully saturated rings. The van der Waals surface area contributed by atoms with Crippen molar-refractivity contribution in [3.8, 4) is 17.2 Å². The number of non-ortho nitro benzene ring substituents is 1. The van der Waals surface area contributed by atoms with Gasteiger partial charge in [0.2, 0.25) is 5.91 Å². The first-order valence-corrected chi connectivity index (χ1v) is 11.9. The SMILES string of the molecule is CC[C@H](C(=O)N1CCc2cc(OC)c(OC)cc2[C@H]1COc1ccc([N+](=O)[O-])cc1)c1ccccc1. The molecule has 0 spiro atoms. The van der Waals surface area contributed by atoms with Gasteiger partial charge in [0, 0.05) is 18.7 Å². The summed E-state index contributed by atoms with van der Waals surface area (Å²) in [7, 11) is 3.19. The van der Waals surface area contributed by atoms with Crippen molar-refractivity contribution in [1.82, 2.24) is 4.90 Å². The Labute approximate surface area is 210 Å². The van der Waals surface area contributed by atoms with Crippen molar-refractivity contribution in [2.75, 3.05) is 27.4 Å². The first-order chi connectivity index (χ1) is 17.5. The minimum atomic E-state index is -0.449. The number of fused-ring (bicyclic) bond motifs is 1. The van der Waals surface area contributed by atoms with Crippen LogP contribution >= 0.6 is 0 Å². The third kappa shape index (κ3) is 5.12. The molecule has 1 aliphatic heterocycles. The van der Waals surface area contributed by atoms with Crippen molar-refractivity contribution in [3.63, 3.8) is 0 Å². The van der Waals surface area contributed by atoms with E-state index in [0.29, 0.717) is 36.6 Å². The fourth-order valence-corrected chi connectivity index (χ4v) is 4.75. The molecule has 0 bridgehead atoms. The summed E-state index contributed by atoms with van der Waals surface area (Å²) in [6, 6.07) is 19.3. The lowest BCUT2D eigenvalue weighted by Gasteiger charge is -2.39. The fraction of sp³-hybridized carbons (Fsp3) is 0.321. The monoisotopic (exact) mass is 490 g/mol. The maximum atomic E-state index is 13.9. The van der Waals surface area contributed by atoms with E-state index in [1.807, 2.05) is 54.3 Å². The molecule has 0 aromatic heterocycles. The van der Waals surface area contributed by atoms with E-state index in [1.54, 1.807) is 26.4 Å². The number of rotatable bonds is 9. The molecule has 2 atom stereocenters. The highest BCUT2D eigenvalue weighted by molar-refractivity contribution is 5.84. The first kappa shape index (κ1) is 25.0. The molecule has 4 rings (SSSR count). The number of benzene rings is 3. The first-order valence-electron chi connectivity index (χ1n) is 11.9. The molecular weight excluding hydrogens is 460 g/mol. The molecule has 8 nitrogen and oxygen atoms in total. The molecule has 0 unspecified atom stereocenters. The lowest BCUT2D eigenvalue weighted by Crippen LogP contribution is -2.44. The fourth-order valence-electron chi connectivity index (χ4n) is 4.75. The summed E-state index contributed by atoms with van der Waals surface area (Å²) in [6.07, 6.45) is 1.36. The van der Waals surface area contributed by atoms with E-state index in [9.17, 15) is 14.9 Å². The van der Waals surface area contributed by atoms with E-state index in [-0.39, 0.29) is 30.2 Å². The van der Waals surface area contributed by atoms with Crippen LogP contribution in [0.25, 0.3) is 0 Å². The number of nitro groups is 1. The Balaban J connectivity index is 1.68. The van der Waals surface area contributed by atoms with Crippen molar-refractivity contribution in [1.29, 1.82) is 0 Å². The number of methoxy groups -OCH3 is 2. The van der Waals surface area contributed by atoms with Crippen molar-refractivity contribution >= 4 is 11.6 Å². The Hall–Kier alpha value is -4.07. The van der Waals surface area contributed by atoms with Crippen molar-refractivity contribution in [3.05, 3.63) is 93.5 Å². The second-order valence-electron chi connectivity index (χ2n) is 8.64. The van der Waals surface area contributed by atoms with E-state index in [4.69, 9.17) is 14.2 Å². The number of amides is 1. The molecule has 3 aromatic rings. The van der Waals surface area contributed by atoms with Gasteiger partial charge in [0.15, 0.2) is 11.5 Å². The van der Waals surface area contributed by atoms with Crippen LogP contribution in [-0.2, 0) is 11.2 Å². The van der Waals surface area contributed by atoms with Crippen LogP contribution in [0.2, 0.25) is 0 Å². The van der Waals surface area contributed by atoms with Gasteiger partial charge < -0.3 is 19.1 Å². The van der Waals surface area contributed by atoms with Gasteiger partial charge in [-0.1, -0.05) is 37.3 Å². The highest BCUT2D eigenvalue weighted by Crippen LogP contribution is 2.40. The zero-order chi connectivity index (χ0) is 25.7. The lowest BCUT2D eigenvalue weighted by atomic mass is 9.89. The van der Waals surface area contributed by atoms with E-state index in [1.165, 1.54) is 12.1 Å². The third-order valence-electron chi connectivity index (χ3n) is 6.65. The van der Waals surface area contributed by atoms with Gasteiger partial charge in [0.1, 0.15) is 12.4 Å². The van der Waals surface area contributed by atoms with Crippen molar-refractivity contribution < 1.29 is 23.9 Å². The van der Waals surface area contributed by atoms with Gasteiger partial charge in [-0.15, -0.1) is 0 Å². The number of hydrogen-bond donors (Lipinski definition) is 0. The molecule has 1 amide bonds. The van der Waals surface area contributed by atoms with Crippen molar-refractivity contribution in [2.24, 2.45) is 0 Å². The van der Waals surface area contributed by atoms with E-state index >= 15 is 0 Å². The number of nitrogens with zero attached hydrogens (tertiary/aromatic N) is 2. The topological polar surface area (TPSA) is 91.1 Å². The maximum absolute atomic E-state index is 13.9. The van der Waals surface area contributed by atoms with Gasteiger partial charge in [-0.25, -0.2) is 0 Å². The zero-order valence-corrected chi connectivity index (χ0v) is 20.7. The van der Waals surface area contributed by atoms with E-state index < -0.39 is 4.92 Å². The summed E-state index contributed by atoms with van der Waals surface area (Å²) in [5, 5.41) is 11.0. The summed E-state index contributed by atoms with van der Waals surface area (Å²) in [4.78, 5) is 26.3. The molecular formula is C28H30N2O6. The number of nitro benzene ring substituents is 1. The Morgan fingerprint density at radius 3 is 2.33 bits per heavy atom. The Bertz CT molecular complexity index is 1210. The molecule has 8 heteroatoms. The number of carbonyl (C=O) groups excluding carboxylic acids is 1. The standard InChI is InChI=1S/C28H30N2O6/c1-4-23(19-8-6-5-7-9-19)28(31)29-15-14-20-16-26(34-2)27(35-3)17-24(20)25(29)18-36-22-12-10-21(11-13-22)30(32)33/h5-13,16-17,23,25H,4,14-15,18H2,1-3H3/t23-,25+/m0/s1. The molecule has 188 valence electrons. The van der Waals surface area contributed by atoms with Crippen LogP contribution in [0, 0.1) is 10.1 Å². The Morgan fingerprint density at radius 1 is 1.06 bits per heavy atom. The highest BCUT2D eigenvalue weighted by Gasteiger charge is 2.36. The van der Waals surface area contributed by atoms with Crippen LogP contribution in [0.4, 0.5) is 5.69 Å². The molecule has 36 heavy (non-hydrogen) atoms. The molecule has 0 saturated carbocycles. The molecule has 0 aliphatic carbocycles. The van der Waals surface area contributed by atoms with Crippen LogP contribution in [0.15, 0.2) is 66.7 Å². The molecule has 1 aliphatic rings. The molecule has 0 saturated heterocycles. The quantitative estimate of drug-likeness (QED) is 0.298. The number of carbonyl (C=O) groups is 1. The second kappa shape index (κ2) is 11.1. The summed E-state index contributed by atoms with van der Waals surface area (Å²) in [5.74, 6) is 1.50. The Morgan fingerprint density at radius 2 is 1.72 bits per heavy atom. The molecule has 1 heterocycles. The maximum Gasteiger partial charge on any atom is 0.269 e. The van der Waals surface area contributed by atoms with Crippen LogP contribution in [0.5, 0.6) is 17.2 Å².